The molecule has 0 N–H and O–H groups in total. The van der Waals surface area contributed by atoms with Crippen molar-refractivity contribution < 1.29 is 4.79 Å². The fourth-order valence-corrected chi connectivity index (χ4v) is 3.92. The third kappa shape index (κ3) is 3.34. The summed E-state index contributed by atoms with van der Waals surface area (Å²) in [5, 5.41) is 0. The number of nitrogens with zero attached hydrogens (tertiary/aromatic N) is 1. The van der Waals surface area contributed by atoms with E-state index in [0.717, 1.165) is 32.0 Å². The van der Waals surface area contributed by atoms with Crippen LogP contribution in [0.2, 0.25) is 0 Å². The molecule has 2 saturated carbocycles. The van der Waals surface area contributed by atoms with Crippen LogP contribution in [0.1, 0.15) is 71.1 Å². The quantitative estimate of drug-likeness (QED) is 0.693. The summed E-state index contributed by atoms with van der Waals surface area (Å²) < 4.78 is 0. The number of hydrogen-bond donors (Lipinski definition) is 0. The van der Waals surface area contributed by atoms with Crippen LogP contribution in [0.4, 0.5) is 0 Å². The second kappa shape index (κ2) is 6.70. The van der Waals surface area contributed by atoms with Gasteiger partial charge in [-0.25, -0.2) is 0 Å². The lowest BCUT2D eigenvalue weighted by molar-refractivity contribution is -0.119. The van der Waals surface area contributed by atoms with E-state index in [2.05, 4.69) is 11.8 Å². The maximum absolute atomic E-state index is 11.6. The topological polar surface area (TPSA) is 20.3 Å². The molecule has 0 radical (unpaired) electrons. The normalized spacial score (nSPS) is 25.2. The molecule has 0 aliphatic heterocycles. The van der Waals surface area contributed by atoms with Gasteiger partial charge in [0.2, 0.25) is 0 Å². The molecular formula is C16H29NO. The Kier molecular flexibility index (Phi) is 5.23. The van der Waals surface area contributed by atoms with Crippen LogP contribution in [0, 0.1) is 5.41 Å². The molecule has 0 aromatic rings. The standard InChI is InChI=1S/C16H29NO/c1-2-17(15-9-5-3-6-10-15)13-16(14-18)11-7-4-8-12-16/h14-15H,2-13H2,1H3. The molecular weight excluding hydrogens is 222 g/mol. The summed E-state index contributed by atoms with van der Waals surface area (Å²) in [6, 6.07) is 0.752. The fraction of sp³-hybridized carbons (Fsp3) is 0.938. The summed E-state index contributed by atoms with van der Waals surface area (Å²) in [4.78, 5) is 14.2. The lowest BCUT2D eigenvalue weighted by Gasteiger charge is -2.41. The Hall–Kier alpha value is -0.370. The molecule has 0 atom stereocenters. The smallest absolute Gasteiger partial charge is 0.127 e. The summed E-state index contributed by atoms with van der Waals surface area (Å²) in [5.74, 6) is 0. The van der Waals surface area contributed by atoms with Gasteiger partial charge in [0.15, 0.2) is 0 Å². The highest BCUT2D eigenvalue weighted by molar-refractivity contribution is 5.60. The first kappa shape index (κ1) is 14.0. The van der Waals surface area contributed by atoms with E-state index < -0.39 is 0 Å². The van der Waals surface area contributed by atoms with Crippen molar-refractivity contribution in [1.29, 1.82) is 0 Å². The third-order valence-electron chi connectivity index (χ3n) is 5.11. The minimum Gasteiger partial charge on any atom is -0.303 e. The number of hydrogen-bond acceptors (Lipinski definition) is 2. The van der Waals surface area contributed by atoms with Crippen molar-refractivity contribution in [3.05, 3.63) is 0 Å². The van der Waals surface area contributed by atoms with Gasteiger partial charge in [0.25, 0.3) is 0 Å². The molecule has 0 heterocycles. The summed E-state index contributed by atoms with van der Waals surface area (Å²) in [6.07, 6.45) is 14.2. The van der Waals surface area contributed by atoms with Crippen molar-refractivity contribution >= 4 is 6.29 Å². The van der Waals surface area contributed by atoms with Gasteiger partial charge in [-0.2, -0.15) is 0 Å². The molecule has 2 aliphatic carbocycles. The zero-order valence-corrected chi connectivity index (χ0v) is 12.0. The number of carbonyl (C=O) groups is 1. The average molecular weight is 251 g/mol. The van der Waals surface area contributed by atoms with Crippen LogP contribution in [0.3, 0.4) is 0 Å². The van der Waals surface area contributed by atoms with Gasteiger partial charge in [-0.05, 0) is 32.2 Å². The number of rotatable bonds is 5. The molecule has 0 spiro atoms. The maximum atomic E-state index is 11.6. The summed E-state index contributed by atoms with van der Waals surface area (Å²) >= 11 is 0. The van der Waals surface area contributed by atoms with Gasteiger partial charge in [-0.3, -0.25) is 4.90 Å². The van der Waals surface area contributed by atoms with Crippen molar-refractivity contribution in [3.8, 4) is 0 Å². The SMILES string of the molecule is CCN(CC1(C=O)CCCCC1)C1CCCCC1. The van der Waals surface area contributed by atoms with Crippen molar-refractivity contribution in [2.75, 3.05) is 13.1 Å². The van der Waals surface area contributed by atoms with E-state index in [9.17, 15) is 4.79 Å². The predicted molar refractivity (Wildman–Crippen MR) is 75.7 cm³/mol. The Morgan fingerprint density at radius 2 is 1.67 bits per heavy atom. The Morgan fingerprint density at radius 3 is 2.22 bits per heavy atom. The highest BCUT2D eigenvalue weighted by Gasteiger charge is 2.35. The van der Waals surface area contributed by atoms with Crippen molar-refractivity contribution in [3.63, 3.8) is 0 Å². The molecule has 0 aromatic carbocycles. The Balaban J connectivity index is 1.96. The van der Waals surface area contributed by atoms with E-state index >= 15 is 0 Å². The Labute approximate surface area is 112 Å². The highest BCUT2D eigenvalue weighted by Crippen LogP contribution is 2.36. The summed E-state index contributed by atoms with van der Waals surface area (Å²) in [5.41, 5.74) is -0.00823. The van der Waals surface area contributed by atoms with Gasteiger partial charge in [0.1, 0.15) is 6.29 Å². The van der Waals surface area contributed by atoms with Crippen molar-refractivity contribution in [2.45, 2.75) is 77.2 Å². The molecule has 2 heteroatoms. The van der Waals surface area contributed by atoms with E-state index in [4.69, 9.17) is 0 Å². The first-order valence-corrected chi connectivity index (χ1v) is 8.00. The molecule has 2 rings (SSSR count). The number of aldehydes is 1. The van der Waals surface area contributed by atoms with Crippen LogP contribution in [0.5, 0.6) is 0 Å². The van der Waals surface area contributed by atoms with E-state index in [1.807, 2.05) is 0 Å². The minimum absolute atomic E-state index is 0.00823. The molecule has 0 saturated heterocycles. The summed E-state index contributed by atoms with van der Waals surface area (Å²) in [6.45, 7) is 4.40. The summed E-state index contributed by atoms with van der Waals surface area (Å²) in [7, 11) is 0. The van der Waals surface area contributed by atoms with Crippen molar-refractivity contribution in [1.82, 2.24) is 4.90 Å². The minimum atomic E-state index is -0.00823. The zero-order valence-electron chi connectivity index (χ0n) is 12.0. The van der Waals surface area contributed by atoms with Crippen LogP contribution in [0.25, 0.3) is 0 Å². The predicted octanol–water partition coefficient (Wildman–Crippen LogP) is 3.79. The van der Waals surface area contributed by atoms with E-state index in [-0.39, 0.29) is 5.41 Å². The molecule has 0 unspecified atom stereocenters. The van der Waals surface area contributed by atoms with Crippen LogP contribution in [-0.2, 0) is 4.79 Å². The van der Waals surface area contributed by atoms with E-state index in [1.54, 1.807) is 0 Å². The van der Waals surface area contributed by atoms with Crippen LogP contribution < -0.4 is 0 Å². The molecule has 2 aliphatic rings. The van der Waals surface area contributed by atoms with Crippen LogP contribution in [0.15, 0.2) is 0 Å². The first-order valence-electron chi connectivity index (χ1n) is 8.00. The van der Waals surface area contributed by atoms with Gasteiger partial charge in [-0.1, -0.05) is 45.4 Å². The molecule has 2 fully saturated rings. The van der Waals surface area contributed by atoms with Crippen LogP contribution >= 0.6 is 0 Å². The maximum Gasteiger partial charge on any atom is 0.127 e. The van der Waals surface area contributed by atoms with Gasteiger partial charge < -0.3 is 4.79 Å². The zero-order chi connectivity index (χ0) is 12.8. The van der Waals surface area contributed by atoms with Gasteiger partial charge >= 0.3 is 0 Å². The molecule has 0 bridgehead atoms. The average Bonchev–Trinajstić information content (AvgIpc) is 2.47. The first-order chi connectivity index (χ1) is 8.79. The second-order valence-electron chi connectivity index (χ2n) is 6.40. The fourth-order valence-electron chi connectivity index (χ4n) is 3.92. The number of carbonyl (C=O) groups excluding carboxylic acids is 1. The van der Waals surface area contributed by atoms with Gasteiger partial charge in [0, 0.05) is 18.0 Å². The van der Waals surface area contributed by atoms with Crippen molar-refractivity contribution in [2.24, 2.45) is 5.41 Å². The largest absolute Gasteiger partial charge is 0.303 e. The monoisotopic (exact) mass is 251 g/mol. The molecule has 18 heavy (non-hydrogen) atoms. The van der Waals surface area contributed by atoms with Gasteiger partial charge in [-0.15, -0.1) is 0 Å². The van der Waals surface area contributed by atoms with E-state index in [0.29, 0.717) is 0 Å². The van der Waals surface area contributed by atoms with Crippen LogP contribution in [-0.4, -0.2) is 30.3 Å². The third-order valence-corrected chi connectivity index (χ3v) is 5.11. The highest BCUT2D eigenvalue weighted by atomic mass is 16.1. The molecule has 0 aromatic heterocycles. The Morgan fingerprint density at radius 1 is 1.06 bits per heavy atom. The second-order valence-corrected chi connectivity index (χ2v) is 6.40. The molecule has 104 valence electrons. The molecule has 0 amide bonds. The lowest BCUT2D eigenvalue weighted by Crippen LogP contribution is -2.45. The molecule has 2 nitrogen and oxygen atoms in total. The van der Waals surface area contributed by atoms with Gasteiger partial charge in [0.05, 0.1) is 0 Å². The van der Waals surface area contributed by atoms with E-state index in [1.165, 1.54) is 57.7 Å². The Bertz CT molecular complexity index is 252. The lowest BCUT2D eigenvalue weighted by atomic mass is 9.74.